The SMILES string of the molecule is CN(C(=O)Nc1ccc(F)c(Cl)c1)[C@H]1CCc2[nH]c(=O)c3ccccc3c21. The van der Waals surface area contributed by atoms with Crippen molar-refractivity contribution in [2.45, 2.75) is 18.9 Å². The fourth-order valence-corrected chi connectivity index (χ4v) is 3.85. The Morgan fingerprint density at radius 3 is 2.74 bits per heavy atom. The maximum atomic E-state index is 13.3. The molecule has 0 radical (unpaired) electrons. The monoisotopic (exact) mass is 385 g/mol. The molecular formula is C20H17ClFN3O2. The largest absolute Gasteiger partial charge is 0.325 e. The van der Waals surface area contributed by atoms with Gasteiger partial charge in [-0.1, -0.05) is 29.8 Å². The quantitative estimate of drug-likeness (QED) is 0.683. The van der Waals surface area contributed by atoms with E-state index in [1.165, 1.54) is 18.2 Å². The summed E-state index contributed by atoms with van der Waals surface area (Å²) in [4.78, 5) is 29.5. The number of pyridine rings is 1. The minimum atomic E-state index is -0.539. The molecular weight excluding hydrogens is 369 g/mol. The number of nitrogens with zero attached hydrogens (tertiary/aromatic N) is 1. The van der Waals surface area contributed by atoms with Gasteiger partial charge >= 0.3 is 6.03 Å². The van der Waals surface area contributed by atoms with Crippen LogP contribution >= 0.6 is 11.6 Å². The van der Waals surface area contributed by atoms with E-state index in [0.29, 0.717) is 23.9 Å². The molecule has 1 aliphatic rings. The number of hydrogen-bond donors (Lipinski definition) is 2. The summed E-state index contributed by atoms with van der Waals surface area (Å²) in [6, 6.07) is 10.9. The Kier molecular flexibility index (Phi) is 4.36. The van der Waals surface area contributed by atoms with Gasteiger partial charge in [-0.2, -0.15) is 0 Å². The van der Waals surface area contributed by atoms with Gasteiger partial charge in [0.1, 0.15) is 5.82 Å². The number of hydrogen-bond acceptors (Lipinski definition) is 2. The lowest BCUT2D eigenvalue weighted by Gasteiger charge is -2.26. The number of aryl methyl sites for hydroxylation is 1. The van der Waals surface area contributed by atoms with E-state index in [4.69, 9.17) is 11.6 Å². The number of H-pyrrole nitrogens is 1. The summed E-state index contributed by atoms with van der Waals surface area (Å²) >= 11 is 5.78. The number of aromatic nitrogens is 1. The molecule has 0 aliphatic heterocycles. The van der Waals surface area contributed by atoms with Crippen molar-refractivity contribution in [2.24, 2.45) is 0 Å². The van der Waals surface area contributed by atoms with E-state index >= 15 is 0 Å². The van der Waals surface area contributed by atoms with Gasteiger partial charge in [0, 0.05) is 29.4 Å². The van der Waals surface area contributed by atoms with Crippen LogP contribution in [0.2, 0.25) is 5.02 Å². The van der Waals surface area contributed by atoms with Gasteiger partial charge in [0.05, 0.1) is 11.1 Å². The standard InChI is InChI=1S/C20H17ClFN3O2/c1-25(20(27)23-11-6-7-15(22)14(21)10-11)17-9-8-16-18(17)12-4-2-3-5-13(12)19(26)24-16/h2-7,10,17H,8-9H2,1H3,(H,23,27)(H,24,26)/t17-/m0/s1. The van der Waals surface area contributed by atoms with Crippen LogP contribution in [-0.2, 0) is 6.42 Å². The molecule has 0 fully saturated rings. The zero-order chi connectivity index (χ0) is 19.1. The number of nitrogens with one attached hydrogen (secondary N) is 2. The Hall–Kier alpha value is -2.86. The van der Waals surface area contributed by atoms with E-state index in [0.717, 1.165) is 16.6 Å². The molecule has 1 atom stereocenters. The molecule has 2 amide bonds. The van der Waals surface area contributed by atoms with Crippen molar-refractivity contribution in [3.8, 4) is 0 Å². The first kappa shape index (κ1) is 17.5. The number of urea groups is 1. The molecule has 27 heavy (non-hydrogen) atoms. The molecule has 0 spiro atoms. The highest BCUT2D eigenvalue weighted by molar-refractivity contribution is 6.31. The maximum absolute atomic E-state index is 13.3. The Bertz CT molecular complexity index is 1110. The number of aromatic amines is 1. The summed E-state index contributed by atoms with van der Waals surface area (Å²) in [6.07, 6.45) is 1.41. The summed E-state index contributed by atoms with van der Waals surface area (Å²) in [6.45, 7) is 0. The minimum absolute atomic E-state index is 0.0507. The Labute approximate surface area is 159 Å². The molecule has 4 rings (SSSR count). The van der Waals surface area contributed by atoms with Crippen LogP contribution in [0.4, 0.5) is 14.9 Å². The van der Waals surface area contributed by atoms with Crippen LogP contribution in [0.25, 0.3) is 10.8 Å². The van der Waals surface area contributed by atoms with Crippen LogP contribution in [-0.4, -0.2) is 23.0 Å². The van der Waals surface area contributed by atoms with E-state index in [1.54, 1.807) is 18.0 Å². The number of halogens is 2. The van der Waals surface area contributed by atoms with Crippen molar-refractivity contribution in [1.29, 1.82) is 0 Å². The number of amides is 2. The fourth-order valence-electron chi connectivity index (χ4n) is 3.67. The number of benzene rings is 2. The van der Waals surface area contributed by atoms with Gasteiger partial charge in [0.25, 0.3) is 5.56 Å². The first-order chi connectivity index (χ1) is 13.0. The van der Waals surface area contributed by atoms with Crippen molar-refractivity contribution < 1.29 is 9.18 Å². The van der Waals surface area contributed by atoms with Crippen molar-refractivity contribution in [2.75, 3.05) is 12.4 Å². The highest BCUT2D eigenvalue weighted by Crippen LogP contribution is 2.38. The van der Waals surface area contributed by atoms with Gasteiger partial charge in [0.15, 0.2) is 0 Å². The van der Waals surface area contributed by atoms with E-state index in [2.05, 4.69) is 10.3 Å². The van der Waals surface area contributed by atoms with Crippen LogP contribution in [0, 0.1) is 5.82 Å². The molecule has 0 saturated heterocycles. The second kappa shape index (κ2) is 6.70. The third kappa shape index (κ3) is 3.06. The number of fused-ring (bicyclic) bond motifs is 3. The van der Waals surface area contributed by atoms with Crippen molar-refractivity contribution >= 4 is 34.1 Å². The van der Waals surface area contributed by atoms with Crippen LogP contribution in [0.15, 0.2) is 47.3 Å². The van der Waals surface area contributed by atoms with Crippen LogP contribution in [0.3, 0.4) is 0 Å². The summed E-state index contributed by atoms with van der Waals surface area (Å²) in [5.74, 6) is -0.539. The zero-order valence-corrected chi connectivity index (χ0v) is 15.3. The van der Waals surface area contributed by atoms with Crippen LogP contribution in [0.5, 0.6) is 0 Å². The molecule has 7 heteroatoms. The van der Waals surface area contributed by atoms with Gasteiger partial charge in [-0.25, -0.2) is 9.18 Å². The highest BCUT2D eigenvalue weighted by Gasteiger charge is 2.31. The number of anilines is 1. The molecule has 5 nitrogen and oxygen atoms in total. The molecule has 0 saturated carbocycles. The summed E-state index contributed by atoms with van der Waals surface area (Å²) in [5, 5.41) is 4.17. The van der Waals surface area contributed by atoms with Crippen molar-refractivity contribution in [3.63, 3.8) is 0 Å². The normalized spacial score (nSPS) is 15.6. The van der Waals surface area contributed by atoms with Gasteiger partial charge in [0.2, 0.25) is 0 Å². The molecule has 138 valence electrons. The van der Waals surface area contributed by atoms with E-state index in [-0.39, 0.29) is 22.7 Å². The number of carbonyl (C=O) groups is 1. The van der Waals surface area contributed by atoms with Gasteiger partial charge in [-0.05, 0) is 42.5 Å². The predicted octanol–water partition coefficient (Wildman–Crippen LogP) is 4.47. The lowest BCUT2D eigenvalue weighted by atomic mass is 10.0. The van der Waals surface area contributed by atoms with Gasteiger partial charge < -0.3 is 15.2 Å². The average Bonchev–Trinajstić information content (AvgIpc) is 3.08. The first-order valence-corrected chi connectivity index (χ1v) is 8.96. The van der Waals surface area contributed by atoms with Crippen molar-refractivity contribution in [1.82, 2.24) is 9.88 Å². The molecule has 3 aromatic rings. The Balaban J connectivity index is 1.66. The first-order valence-electron chi connectivity index (χ1n) is 8.58. The average molecular weight is 386 g/mol. The molecule has 2 N–H and O–H groups in total. The third-order valence-corrected chi connectivity index (χ3v) is 5.30. The smallest absolute Gasteiger partial charge is 0.322 e. The fraction of sp³-hybridized carbons (Fsp3) is 0.200. The van der Waals surface area contributed by atoms with Gasteiger partial charge in [-0.3, -0.25) is 4.79 Å². The second-order valence-electron chi connectivity index (χ2n) is 6.62. The minimum Gasteiger partial charge on any atom is -0.325 e. The van der Waals surface area contributed by atoms with Crippen molar-refractivity contribution in [3.05, 3.63) is 74.9 Å². The lowest BCUT2D eigenvalue weighted by Crippen LogP contribution is -2.34. The Morgan fingerprint density at radius 2 is 2.00 bits per heavy atom. The highest BCUT2D eigenvalue weighted by atomic mass is 35.5. The molecule has 1 heterocycles. The van der Waals surface area contributed by atoms with E-state index < -0.39 is 5.82 Å². The maximum Gasteiger partial charge on any atom is 0.322 e. The second-order valence-corrected chi connectivity index (χ2v) is 7.02. The summed E-state index contributed by atoms with van der Waals surface area (Å²) in [5.41, 5.74) is 2.15. The number of rotatable bonds is 2. The molecule has 1 aliphatic carbocycles. The third-order valence-electron chi connectivity index (χ3n) is 5.01. The van der Waals surface area contributed by atoms with Gasteiger partial charge in [-0.15, -0.1) is 0 Å². The molecule has 1 aromatic heterocycles. The number of carbonyl (C=O) groups excluding carboxylic acids is 1. The summed E-state index contributed by atoms with van der Waals surface area (Å²) < 4.78 is 13.3. The lowest BCUT2D eigenvalue weighted by molar-refractivity contribution is 0.204. The molecule has 0 unspecified atom stereocenters. The van der Waals surface area contributed by atoms with E-state index in [9.17, 15) is 14.0 Å². The zero-order valence-electron chi connectivity index (χ0n) is 14.6. The van der Waals surface area contributed by atoms with E-state index in [1.807, 2.05) is 18.2 Å². The van der Waals surface area contributed by atoms with Crippen LogP contribution < -0.4 is 10.9 Å². The topological polar surface area (TPSA) is 65.2 Å². The predicted molar refractivity (Wildman–Crippen MR) is 104 cm³/mol. The van der Waals surface area contributed by atoms with Crippen LogP contribution in [0.1, 0.15) is 23.7 Å². The Morgan fingerprint density at radius 1 is 1.26 bits per heavy atom. The molecule has 2 aromatic carbocycles. The summed E-state index contributed by atoms with van der Waals surface area (Å²) in [7, 11) is 1.71. The molecule has 0 bridgehead atoms.